The van der Waals surface area contributed by atoms with E-state index in [2.05, 4.69) is 15.2 Å². The van der Waals surface area contributed by atoms with Gasteiger partial charge in [0, 0.05) is 20.0 Å². The van der Waals surface area contributed by atoms with Crippen LogP contribution in [-0.4, -0.2) is 72.9 Å². The fraction of sp³-hybridized carbons (Fsp3) is 0.600. The maximum absolute atomic E-state index is 12.1. The number of urea groups is 1. The average molecular weight is 269 g/mol. The summed E-state index contributed by atoms with van der Waals surface area (Å²) in [5, 5.41) is 24.8. The Balaban J connectivity index is 2.03. The highest BCUT2D eigenvalue weighted by Gasteiger charge is 2.40. The largest absolute Gasteiger partial charge is 0.480 e. The molecule has 0 radical (unpaired) electrons. The number of β-amino-alcohol motifs (C(OH)–C–C–N with tert-alkyl or cyclic N) is 1. The second-order valence-corrected chi connectivity index (χ2v) is 4.47. The van der Waals surface area contributed by atoms with Crippen molar-refractivity contribution in [3.63, 3.8) is 0 Å². The zero-order valence-corrected chi connectivity index (χ0v) is 10.4. The lowest BCUT2D eigenvalue weighted by molar-refractivity contribution is -0.141. The van der Waals surface area contributed by atoms with Gasteiger partial charge in [0.2, 0.25) is 0 Å². The van der Waals surface area contributed by atoms with Gasteiger partial charge in [-0.05, 0) is 0 Å². The number of amides is 2. The Kier molecular flexibility index (Phi) is 3.65. The van der Waals surface area contributed by atoms with Crippen LogP contribution < -0.4 is 0 Å². The molecule has 1 saturated heterocycles. The number of aromatic nitrogens is 3. The monoisotopic (exact) mass is 269 g/mol. The molecule has 0 bridgehead atoms. The Labute approximate surface area is 108 Å². The summed E-state index contributed by atoms with van der Waals surface area (Å²) in [5.41, 5.74) is 0. The van der Waals surface area contributed by atoms with E-state index in [1.807, 2.05) is 0 Å². The van der Waals surface area contributed by atoms with Crippen LogP contribution in [0.1, 0.15) is 12.2 Å². The molecule has 9 nitrogen and oxygen atoms in total. The predicted molar refractivity (Wildman–Crippen MR) is 62.0 cm³/mol. The van der Waals surface area contributed by atoms with E-state index < -0.39 is 24.1 Å². The smallest absolute Gasteiger partial charge is 0.326 e. The minimum absolute atomic E-state index is 0.0243. The number of H-pyrrole nitrogens is 1. The Hall–Kier alpha value is -2.16. The van der Waals surface area contributed by atoms with Gasteiger partial charge < -0.3 is 20.0 Å². The predicted octanol–water partition coefficient (Wildman–Crippen LogP) is -1.12. The highest BCUT2D eigenvalue weighted by atomic mass is 16.4. The molecule has 1 aliphatic rings. The molecular weight excluding hydrogens is 254 g/mol. The van der Waals surface area contributed by atoms with Crippen LogP contribution in [0.3, 0.4) is 0 Å². The number of aliphatic hydroxyl groups excluding tert-OH is 1. The first kappa shape index (κ1) is 13.3. The number of nitrogens with one attached hydrogen (secondary N) is 1. The summed E-state index contributed by atoms with van der Waals surface area (Å²) in [5.74, 6) is -0.611. The fourth-order valence-electron chi connectivity index (χ4n) is 2.08. The van der Waals surface area contributed by atoms with Crippen molar-refractivity contribution in [2.75, 3.05) is 13.6 Å². The Morgan fingerprint density at radius 1 is 1.63 bits per heavy atom. The lowest BCUT2D eigenvalue weighted by atomic mass is 10.2. The van der Waals surface area contributed by atoms with Gasteiger partial charge in [-0.3, -0.25) is 5.10 Å². The van der Waals surface area contributed by atoms with Gasteiger partial charge >= 0.3 is 12.0 Å². The van der Waals surface area contributed by atoms with Crippen LogP contribution >= 0.6 is 0 Å². The molecule has 3 N–H and O–H groups in total. The molecule has 19 heavy (non-hydrogen) atoms. The molecule has 1 fully saturated rings. The van der Waals surface area contributed by atoms with Crippen molar-refractivity contribution < 1.29 is 19.8 Å². The zero-order valence-electron chi connectivity index (χ0n) is 10.4. The number of nitrogens with zero attached hydrogens (tertiary/aromatic N) is 4. The topological polar surface area (TPSA) is 123 Å². The van der Waals surface area contributed by atoms with Crippen molar-refractivity contribution in [1.29, 1.82) is 0 Å². The van der Waals surface area contributed by atoms with E-state index >= 15 is 0 Å². The molecule has 0 spiro atoms. The van der Waals surface area contributed by atoms with Gasteiger partial charge in [0.1, 0.15) is 18.2 Å². The zero-order chi connectivity index (χ0) is 14.0. The number of carbonyl (C=O) groups excluding carboxylic acids is 1. The van der Waals surface area contributed by atoms with Crippen LogP contribution in [0.15, 0.2) is 6.33 Å². The minimum atomic E-state index is -1.11. The quantitative estimate of drug-likeness (QED) is 0.638. The van der Waals surface area contributed by atoms with E-state index in [0.717, 1.165) is 4.90 Å². The molecule has 0 saturated carbocycles. The lowest BCUT2D eigenvalue weighted by Gasteiger charge is -2.26. The number of likely N-dealkylation sites (tertiary alicyclic amines) is 1. The Morgan fingerprint density at radius 3 is 2.95 bits per heavy atom. The first-order chi connectivity index (χ1) is 8.99. The van der Waals surface area contributed by atoms with Gasteiger partial charge in [-0.1, -0.05) is 0 Å². The normalized spacial score (nSPS) is 22.5. The molecule has 2 rings (SSSR count). The molecular formula is C10H15N5O4. The summed E-state index contributed by atoms with van der Waals surface area (Å²) in [7, 11) is 1.54. The molecule has 9 heteroatoms. The molecule has 2 heterocycles. The van der Waals surface area contributed by atoms with Crippen molar-refractivity contribution in [2.24, 2.45) is 0 Å². The highest BCUT2D eigenvalue weighted by molar-refractivity contribution is 5.83. The van der Waals surface area contributed by atoms with E-state index in [1.165, 1.54) is 18.3 Å². The third-order valence-corrected chi connectivity index (χ3v) is 2.99. The van der Waals surface area contributed by atoms with Crippen LogP contribution in [0.5, 0.6) is 0 Å². The Morgan fingerprint density at radius 2 is 2.37 bits per heavy atom. The average Bonchev–Trinajstić information content (AvgIpc) is 2.97. The van der Waals surface area contributed by atoms with Crippen molar-refractivity contribution >= 4 is 12.0 Å². The maximum Gasteiger partial charge on any atom is 0.326 e. The second-order valence-electron chi connectivity index (χ2n) is 4.47. The summed E-state index contributed by atoms with van der Waals surface area (Å²) in [6.07, 6.45) is 0.577. The fourth-order valence-corrected chi connectivity index (χ4v) is 2.08. The van der Waals surface area contributed by atoms with Crippen LogP contribution in [0.4, 0.5) is 4.79 Å². The number of hydrogen-bond donors (Lipinski definition) is 3. The molecule has 2 amide bonds. The number of carbonyl (C=O) groups is 2. The molecule has 104 valence electrons. The molecule has 0 aromatic carbocycles. The van der Waals surface area contributed by atoms with Crippen LogP contribution in [0, 0.1) is 0 Å². The third-order valence-electron chi connectivity index (χ3n) is 2.99. The number of aromatic amines is 1. The summed E-state index contributed by atoms with van der Waals surface area (Å²) in [4.78, 5) is 29.6. The van der Waals surface area contributed by atoms with Crippen LogP contribution in [0.2, 0.25) is 0 Å². The van der Waals surface area contributed by atoms with Gasteiger partial charge in [0.15, 0.2) is 0 Å². The maximum atomic E-state index is 12.1. The summed E-state index contributed by atoms with van der Waals surface area (Å²) in [6, 6.07) is -1.44. The molecule has 0 unspecified atom stereocenters. The third kappa shape index (κ3) is 2.81. The highest BCUT2D eigenvalue weighted by Crippen LogP contribution is 2.20. The number of hydrogen-bond acceptors (Lipinski definition) is 5. The number of aliphatic carboxylic acids is 1. The van der Waals surface area contributed by atoms with Crippen LogP contribution in [0.25, 0.3) is 0 Å². The molecule has 1 aromatic rings. The lowest BCUT2D eigenvalue weighted by Crippen LogP contribution is -2.46. The first-order valence-corrected chi connectivity index (χ1v) is 5.76. The number of rotatable bonds is 3. The van der Waals surface area contributed by atoms with Gasteiger partial charge in [-0.25, -0.2) is 14.6 Å². The summed E-state index contributed by atoms with van der Waals surface area (Å²) in [6.45, 7) is 0.217. The first-order valence-electron chi connectivity index (χ1n) is 5.76. The van der Waals surface area contributed by atoms with Gasteiger partial charge in [0.05, 0.1) is 12.6 Å². The molecule has 0 aliphatic carbocycles. The van der Waals surface area contributed by atoms with Crippen molar-refractivity contribution in [1.82, 2.24) is 25.0 Å². The number of aliphatic hydroxyl groups is 1. The SMILES string of the molecule is CN(Cc1ncn[nH]1)C(=O)N1C[C@@H](O)C[C@H]1C(=O)O. The number of carboxylic acid groups (broad SMARTS) is 1. The minimum Gasteiger partial charge on any atom is -0.480 e. The van der Waals surface area contributed by atoms with Gasteiger partial charge in [0.25, 0.3) is 0 Å². The van der Waals surface area contributed by atoms with Crippen molar-refractivity contribution in [3.05, 3.63) is 12.2 Å². The number of carboxylic acids is 1. The van der Waals surface area contributed by atoms with E-state index in [-0.39, 0.29) is 19.5 Å². The molecule has 1 aromatic heterocycles. The van der Waals surface area contributed by atoms with E-state index in [0.29, 0.717) is 5.82 Å². The molecule has 2 atom stereocenters. The second kappa shape index (κ2) is 5.22. The van der Waals surface area contributed by atoms with E-state index in [4.69, 9.17) is 5.11 Å². The van der Waals surface area contributed by atoms with E-state index in [1.54, 1.807) is 0 Å². The summed E-state index contributed by atoms with van der Waals surface area (Å²) >= 11 is 0. The summed E-state index contributed by atoms with van der Waals surface area (Å²) < 4.78 is 0. The Bertz CT molecular complexity index is 462. The van der Waals surface area contributed by atoms with E-state index in [9.17, 15) is 14.7 Å². The van der Waals surface area contributed by atoms with Gasteiger partial charge in [-0.15, -0.1) is 0 Å². The standard InChI is InChI=1S/C10H15N5O4/c1-14(4-8-11-5-12-13-8)10(19)15-3-6(16)2-7(15)9(17)18/h5-7,16H,2-4H2,1H3,(H,17,18)(H,11,12,13)/t6-,7-/m0/s1. The van der Waals surface area contributed by atoms with Crippen LogP contribution in [-0.2, 0) is 11.3 Å². The van der Waals surface area contributed by atoms with Gasteiger partial charge in [-0.2, -0.15) is 5.10 Å². The molecule has 1 aliphatic heterocycles. The van der Waals surface area contributed by atoms with Crippen molar-refractivity contribution in [2.45, 2.75) is 25.1 Å². The van der Waals surface area contributed by atoms with Crippen molar-refractivity contribution in [3.8, 4) is 0 Å².